The van der Waals surface area contributed by atoms with Gasteiger partial charge in [0.1, 0.15) is 6.61 Å². The maximum absolute atomic E-state index is 12.1. The van der Waals surface area contributed by atoms with Crippen molar-refractivity contribution in [2.45, 2.75) is 27.2 Å². The first kappa shape index (κ1) is 11.8. The molecule has 1 aliphatic rings. The van der Waals surface area contributed by atoms with E-state index < -0.39 is 0 Å². The largest absolute Gasteiger partial charge is 0.479 e. The van der Waals surface area contributed by atoms with E-state index in [2.05, 4.69) is 11.9 Å². The Morgan fingerprint density at radius 2 is 2.06 bits per heavy atom. The lowest BCUT2D eigenvalue weighted by molar-refractivity contribution is 0.0994. The molecule has 3 heteroatoms. The van der Waals surface area contributed by atoms with Crippen molar-refractivity contribution in [1.82, 2.24) is 0 Å². The summed E-state index contributed by atoms with van der Waals surface area (Å²) < 4.78 is 5.27. The van der Waals surface area contributed by atoms with Crippen LogP contribution < -0.4 is 0 Å². The molecule has 0 aliphatic carbocycles. The third kappa shape index (κ3) is 2.38. The standard InChI is InChI=1S/C14H17NO2/c1-9-4-5-12(11(3)10(9)2)13(16)8-14-15-6-7-17-14/h4-5H,6-8H2,1-3H3. The van der Waals surface area contributed by atoms with Gasteiger partial charge in [0.25, 0.3) is 0 Å². The number of ketones is 1. The Morgan fingerprint density at radius 1 is 1.29 bits per heavy atom. The van der Waals surface area contributed by atoms with Crippen LogP contribution in [0.4, 0.5) is 0 Å². The predicted molar refractivity (Wildman–Crippen MR) is 67.9 cm³/mol. The molecule has 0 saturated heterocycles. The molecule has 0 radical (unpaired) electrons. The van der Waals surface area contributed by atoms with Crippen LogP contribution >= 0.6 is 0 Å². The highest BCUT2D eigenvalue weighted by Crippen LogP contribution is 2.19. The maximum Gasteiger partial charge on any atom is 0.191 e. The van der Waals surface area contributed by atoms with E-state index in [0.29, 0.717) is 19.0 Å². The Morgan fingerprint density at radius 3 is 2.71 bits per heavy atom. The Balaban J connectivity index is 2.22. The van der Waals surface area contributed by atoms with Crippen molar-refractivity contribution in [2.75, 3.05) is 13.2 Å². The van der Waals surface area contributed by atoms with Gasteiger partial charge in [-0.1, -0.05) is 12.1 Å². The van der Waals surface area contributed by atoms with Crippen molar-refractivity contribution in [3.8, 4) is 0 Å². The van der Waals surface area contributed by atoms with E-state index in [-0.39, 0.29) is 12.2 Å². The van der Waals surface area contributed by atoms with Gasteiger partial charge in [-0.25, -0.2) is 0 Å². The van der Waals surface area contributed by atoms with Gasteiger partial charge < -0.3 is 4.74 Å². The number of rotatable bonds is 3. The fourth-order valence-corrected chi connectivity index (χ4v) is 1.98. The number of hydrogen-bond acceptors (Lipinski definition) is 3. The molecular weight excluding hydrogens is 214 g/mol. The topological polar surface area (TPSA) is 38.7 Å². The Kier molecular flexibility index (Phi) is 3.27. The Bertz CT molecular complexity index is 489. The van der Waals surface area contributed by atoms with Crippen molar-refractivity contribution >= 4 is 11.7 Å². The molecule has 0 aromatic heterocycles. The first-order valence-corrected chi connectivity index (χ1v) is 5.85. The highest BCUT2D eigenvalue weighted by atomic mass is 16.5. The van der Waals surface area contributed by atoms with Crippen molar-refractivity contribution < 1.29 is 9.53 Å². The number of ether oxygens (including phenoxy) is 1. The molecule has 1 aliphatic heterocycles. The summed E-state index contributed by atoms with van der Waals surface area (Å²) >= 11 is 0. The van der Waals surface area contributed by atoms with E-state index in [1.165, 1.54) is 11.1 Å². The molecule has 1 aromatic rings. The monoisotopic (exact) mass is 231 g/mol. The number of hydrogen-bond donors (Lipinski definition) is 0. The third-order valence-electron chi connectivity index (χ3n) is 3.32. The zero-order valence-electron chi connectivity index (χ0n) is 10.5. The van der Waals surface area contributed by atoms with Crippen molar-refractivity contribution in [3.05, 3.63) is 34.4 Å². The van der Waals surface area contributed by atoms with Gasteiger partial charge in [0.05, 0.1) is 13.0 Å². The van der Waals surface area contributed by atoms with Gasteiger partial charge in [-0.15, -0.1) is 0 Å². The number of benzene rings is 1. The van der Waals surface area contributed by atoms with Crippen molar-refractivity contribution in [1.29, 1.82) is 0 Å². The molecule has 0 spiro atoms. The number of carbonyl (C=O) groups excluding carboxylic acids is 1. The van der Waals surface area contributed by atoms with Gasteiger partial charge in [0.2, 0.25) is 0 Å². The van der Waals surface area contributed by atoms with Crippen LogP contribution in [0.15, 0.2) is 17.1 Å². The number of aliphatic imine (C=N–C) groups is 1. The van der Waals surface area contributed by atoms with Crippen LogP contribution in [-0.4, -0.2) is 24.8 Å². The zero-order valence-corrected chi connectivity index (χ0v) is 10.5. The summed E-state index contributed by atoms with van der Waals surface area (Å²) in [6, 6.07) is 3.89. The average molecular weight is 231 g/mol. The lowest BCUT2D eigenvalue weighted by atomic mass is 9.95. The van der Waals surface area contributed by atoms with Gasteiger partial charge in [-0.2, -0.15) is 0 Å². The van der Waals surface area contributed by atoms with Crippen molar-refractivity contribution in [2.24, 2.45) is 4.99 Å². The molecule has 0 saturated carbocycles. The second-order valence-electron chi connectivity index (χ2n) is 4.40. The lowest BCUT2D eigenvalue weighted by Gasteiger charge is -2.10. The van der Waals surface area contributed by atoms with E-state index in [0.717, 1.165) is 11.1 Å². The molecule has 3 nitrogen and oxygen atoms in total. The summed E-state index contributed by atoms with van der Waals surface area (Å²) in [5, 5.41) is 0. The van der Waals surface area contributed by atoms with Gasteiger partial charge in [0.15, 0.2) is 11.7 Å². The summed E-state index contributed by atoms with van der Waals surface area (Å²) in [4.78, 5) is 16.3. The Labute approximate surface area is 102 Å². The highest BCUT2D eigenvalue weighted by Gasteiger charge is 2.17. The van der Waals surface area contributed by atoms with Gasteiger partial charge in [-0.3, -0.25) is 9.79 Å². The highest BCUT2D eigenvalue weighted by molar-refractivity contribution is 6.08. The fraction of sp³-hybridized carbons (Fsp3) is 0.429. The lowest BCUT2D eigenvalue weighted by Crippen LogP contribution is -2.10. The quantitative estimate of drug-likeness (QED) is 0.750. The van der Waals surface area contributed by atoms with Crippen LogP contribution in [0.2, 0.25) is 0 Å². The van der Waals surface area contributed by atoms with E-state index in [4.69, 9.17) is 4.74 Å². The van der Waals surface area contributed by atoms with Crippen LogP contribution in [0, 0.1) is 20.8 Å². The second-order valence-corrected chi connectivity index (χ2v) is 4.40. The molecular formula is C14H17NO2. The first-order chi connectivity index (χ1) is 8.09. The SMILES string of the molecule is Cc1ccc(C(=O)CC2=NCCO2)c(C)c1C. The summed E-state index contributed by atoms with van der Waals surface area (Å²) in [7, 11) is 0. The second kappa shape index (κ2) is 4.70. The smallest absolute Gasteiger partial charge is 0.191 e. The summed E-state index contributed by atoms with van der Waals surface area (Å²) in [5.74, 6) is 0.666. The van der Waals surface area contributed by atoms with Gasteiger partial charge in [0, 0.05) is 5.56 Å². The zero-order chi connectivity index (χ0) is 12.4. The van der Waals surface area contributed by atoms with E-state index in [1.54, 1.807) is 0 Å². The van der Waals surface area contributed by atoms with Crippen LogP contribution in [0.5, 0.6) is 0 Å². The van der Waals surface area contributed by atoms with Gasteiger partial charge >= 0.3 is 0 Å². The van der Waals surface area contributed by atoms with Crippen LogP contribution in [0.3, 0.4) is 0 Å². The molecule has 1 aromatic carbocycles. The van der Waals surface area contributed by atoms with Crippen LogP contribution in [0.25, 0.3) is 0 Å². The first-order valence-electron chi connectivity index (χ1n) is 5.85. The van der Waals surface area contributed by atoms with Crippen LogP contribution in [0.1, 0.15) is 33.5 Å². The van der Waals surface area contributed by atoms with E-state index in [1.807, 2.05) is 26.0 Å². The molecule has 1 heterocycles. The predicted octanol–water partition coefficient (Wildman–Crippen LogP) is 2.61. The van der Waals surface area contributed by atoms with E-state index in [9.17, 15) is 4.79 Å². The normalized spacial score (nSPS) is 14.4. The summed E-state index contributed by atoms with van der Waals surface area (Å²) in [6.45, 7) is 7.38. The molecule has 0 N–H and O–H groups in total. The molecule has 0 amide bonds. The molecule has 0 bridgehead atoms. The molecule has 0 fully saturated rings. The number of carbonyl (C=O) groups is 1. The molecule has 0 atom stereocenters. The molecule has 2 rings (SSSR count). The summed E-state index contributed by atoms with van der Waals surface area (Å²) in [5.41, 5.74) is 4.25. The van der Waals surface area contributed by atoms with E-state index >= 15 is 0 Å². The Hall–Kier alpha value is -1.64. The molecule has 17 heavy (non-hydrogen) atoms. The summed E-state index contributed by atoms with van der Waals surface area (Å²) in [6.07, 6.45) is 0.281. The third-order valence-corrected chi connectivity index (χ3v) is 3.32. The minimum absolute atomic E-state index is 0.0891. The minimum Gasteiger partial charge on any atom is -0.479 e. The average Bonchev–Trinajstić information content (AvgIpc) is 2.78. The van der Waals surface area contributed by atoms with Crippen LogP contribution in [-0.2, 0) is 4.74 Å². The number of aryl methyl sites for hydroxylation is 1. The number of nitrogens with zero attached hydrogens (tertiary/aromatic N) is 1. The van der Waals surface area contributed by atoms with Gasteiger partial charge in [-0.05, 0) is 37.5 Å². The minimum atomic E-state index is 0.0891. The fourth-order valence-electron chi connectivity index (χ4n) is 1.98. The maximum atomic E-state index is 12.1. The van der Waals surface area contributed by atoms with Crippen molar-refractivity contribution in [3.63, 3.8) is 0 Å². The number of Topliss-reactive ketones (excluding diaryl/α,β-unsaturated/α-hetero) is 1. The molecule has 90 valence electrons. The molecule has 0 unspecified atom stereocenters.